The van der Waals surface area contributed by atoms with Gasteiger partial charge in [-0.15, -0.1) is 0 Å². The van der Waals surface area contributed by atoms with E-state index in [0.717, 1.165) is 13.1 Å². The largest absolute Gasteiger partial charge is 0.298 e. The maximum Gasteiger partial charge on any atom is 0.0240 e. The quantitative estimate of drug-likeness (QED) is 0.582. The van der Waals surface area contributed by atoms with E-state index in [1.54, 1.807) is 0 Å². The van der Waals surface area contributed by atoms with E-state index in [-0.39, 0.29) is 0 Å². The van der Waals surface area contributed by atoms with Crippen molar-refractivity contribution < 1.29 is 0 Å². The average molecular weight is 173 g/mol. The van der Waals surface area contributed by atoms with Crippen LogP contribution in [0.1, 0.15) is 18.1 Å². The SMILES string of the molecule is CC1=Cc2ccccc2CN(C)C1. The molecule has 0 atom stereocenters. The summed E-state index contributed by atoms with van der Waals surface area (Å²) in [6.45, 7) is 4.33. The zero-order chi connectivity index (χ0) is 9.26. The highest BCUT2D eigenvalue weighted by atomic mass is 15.1. The summed E-state index contributed by atoms with van der Waals surface area (Å²) in [5.74, 6) is 0. The molecule has 0 bridgehead atoms. The molecular formula is C12H15N. The molecule has 1 aromatic rings. The lowest BCUT2D eigenvalue weighted by Gasteiger charge is -2.14. The number of likely N-dealkylation sites (N-methyl/N-ethyl adjacent to an activating group) is 1. The van der Waals surface area contributed by atoms with E-state index in [2.05, 4.69) is 49.2 Å². The van der Waals surface area contributed by atoms with Crippen LogP contribution in [0.5, 0.6) is 0 Å². The Morgan fingerprint density at radius 3 is 2.77 bits per heavy atom. The Hall–Kier alpha value is -1.08. The van der Waals surface area contributed by atoms with E-state index < -0.39 is 0 Å². The zero-order valence-corrected chi connectivity index (χ0v) is 8.25. The average Bonchev–Trinajstić information content (AvgIpc) is 2.20. The summed E-state index contributed by atoms with van der Waals surface area (Å²) in [5, 5.41) is 0. The predicted octanol–water partition coefficient (Wildman–Crippen LogP) is 2.54. The second-order valence-corrected chi connectivity index (χ2v) is 3.86. The van der Waals surface area contributed by atoms with Crippen molar-refractivity contribution in [3.05, 3.63) is 41.0 Å². The fourth-order valence-corrected chi connectivity index (χ4v) is 1.90. The molecule has 1 nitrogen and oxygen atoms in total. The fourth-order valence-electron chi connectivity index (χ4n) is 1.90. The van der Waals surface area contributed by atoms with E-state index >= 15 is 0 Å². The molecule has 0 amide bonds. The highest BCUT2D eigenvalue weighted by Gasteiger charge is 2.08. The Kier molecular flexibility index (Phi) is 2.19. The molecule has 0 spiro atoms. The van der Waals surface area contributed by atoms with Crippen molar-refractivity contribution in [3.8, 4) is 0 Å². The maximum absolute atomic E-state index is 2.34. The van der Waals surface area contributed by atoms with Gasteiger partial charge in [-0.2, -0.15) is 0 Å². The molecule has 1 aliphatic heterocycles. The number of hydrogen-bond acceptors (Lipinski definition) is 1. The predicted molar refractivity (Wildman–Crippen MR) is 56.4 cm³/mol. The minimum Gasteiger partial charge on any atom is -0.298 e. The summed E-state index contributed by atoms with van der Waals surface area (Å²) in [4.78, 5) is 2.34. The molecule has 0 unspecified atom stereocenters. The van der Waals surface area contributed by atoms with Gasteiger partial charge in [-0.05, 0) is 25.1 Å². The Morgan fingerprint density at radius 2 is 1.92 bits per heavy atom. The first kappa shape index (κ1) is 8.52. The van der Waals surface area contributed by atoms with E-state index in [1.807, 2.05) is 0 Å². The molecule has 0 fully saturated rings. The van der Waals surface area contributed by atoms with Gasteiger partial charge in [0, 0.05) is 13.1 Å². The van der Waals surface area contributed by atoms with Crippen molar-refractivity contribution in [2.75, 3.05) is 13.6 Å². The monoisotopic (exact) mass is 173 g/mol. The lowest BCUT2D eigenvalue weighted by atomic mass is 10.1. The Balaban J connectivity index is 2.45. The van der Waals surface area contributed by atoms with E-state index in [1.165, 1.54) is 16.7 Å². The fraction of sp³-hybridized carbons (Fsp3) is 0.333. The van der Waals surface area contributed by atoms with E-state index in [0.29, 0.717) is 0 Å². The number of benzene rings is 1. The van der Waals surface area contributed by atoms with Crippen LogP contribution in [0.2, 0.25) is 0 Å². The van der Waals surface area contributed by atoms with Crippen LogP contribution in [-0.2, 0) is 6.54 Å². The normalized spacial score (nSPS) is 17.5. The third-order valence-corrected chi connectivity index (χ3v) is 2.42. The van der Waals surface area contributed by atoms with Gasteiger partial charge in [0.25, 0.3) is 0 Å². The van der Waals surface area contributed by atoms with Crippen LogP contribution in [0.3, 0.4) is 0 Å². The number of hydrogen-bond donors (Lipinski definition) is 0. The van der Waals surface area contributed by atoms with Crippen molar-refractivity contribution in [1.29, 1.82) is 0 Å². The summed E-state index contributed by atoms with van der Waals surface area (Å²) >= 11 is 0. The minimum atomic E-state index is 1.06. The van der Waals surface area contributed by atoms with Gasteiger partial charge in [-0.1, -0.05) is 35.9 Å². The molecule has 0 saturated carbocycles. The highest BCUT2D eigenvalue weighted by molar-refractivity contribution is 5.57. The molecule has 0 aromatic heterocycles. The molecule has 2 rings (SSSR count). The summed E-state index contributed by atoms with van der Waals surface area (Å²) < 4.78 is 0. The van der Waals surface area contributed by atoms with Gasteiger partial charge in [0.1, 0.15) is 0 Å². The highest BCUT2D eigenvalue weighted by Crippen LogP contribution is 2.18. The third kappa shape index (κ3) is 1.81. The molecule has 1 aromatic carbocycles. The second-order valence-electron chi connectivity index (χ2n) is 3.86. The van der Waals surface area contributed by atoms with Gasteiger partial charge in [0.05, 0.1) is 0 Å². The maximum atomic E-state index is 2.34. The van der Waals surface area contributed by atoms with Gasteiger partial charge in [0.15, 0.2) is 0 Å². The van der Waals surface area contributed by atoms with E-state index in [4.69, 9.17) is 0 Å². The van der Waals surface area contributed by atoms with Crippen LogP contribution in [0.25, 0.3) is 6.08 Å². The van der Waals surface area contributed by atoms with Crippen molar-refractivity contribution in [2.45, 2.75) is 13.5 Å². The zero-order valence-electron chi connectivity index (χ0n) is 8.25. The first-order valence-corrected chi connectivity index (χ1v) is 4.69. The first-order valence-electron chi connectivity index (χ1n) is 4.69. The van der Waals surface area contributed by atoms with Crippen LogP contribution >= 0.6 is 0 Å². The van der Waals surface area contributed by atoms with Crippen LogP contribution in [0.15, 0.2) is 29.8 Å². The third-order valence-electron chi connectivity index (χ3n) is 2.42. The molecule has 1 heterocycles. The van der Waals surface area contributed by atoms with Crippen LogP contribution < -0.4 is 0 Å². The molecule has 0 aliphatic carbocycles. The molecule has 13 heavy (non-hydrogen) atoms. The lowest BCUT2D eigenvalue weighted by molar-refractivity contribution is 0.358. The molecular weight excluding hydrogens is 158 g/mol. The van der Waals surface area contributed by atoms with Crippen molar-refractivity contribution in [3.63, 3.8) is 0 Å². The van der Waals surface area contributed by atoms with Crippen LogP contribution in [-0.4, -0.2) is 18.5 Å². The summed E-state index contributed by atoms with van der Waals surface area (Å²) in [5.41, 5.74) is 4.25. The Labute approximate surface area is 79.7 Å². The molecule has 1 heteroatoms. The van der Waals surface area contributed by atoms with Crippen molar-refractivity contribution in [2.24, 2.45) is 0 Å². The molecule has 68 valence electrons. The van der Waals surface area contributed by atoms with Crippen LogP contribution in [0, 0.1) is 0 Å². The number of fused-ring (bicyclic) bond motifs is 1. The molecule has 0 N–H and O–H groups in total. The van der Waals surface area contributed by atoms with Gasteiger partial charge >= 0.3 is 0 Å². The van der Waals surface area contributed by atoms with Gasteiger partial charge in [-0.3, -0.25) is 4.90 Å². The van der Waals surface area contributed by atoms with Gasteiger partial charge in [-0.25, -0.2) is 0 Å². The summed E-state index contributed by atoms with van der Waals surface area (Å²) in [6.07, 6.45) is 2.29. The van der Waals surface area contributed by atoms with Gasteiger partial charge < -0.3 is 0 Å². The molecule has 1 aliphatic rings. The minimum absolute atomic E-state index is 1.06. The molecule has 0 saturated heterocycles. The van der Waals surface area contributed by atoms with Crippen LogP contribution in [0.4, 0.5) is 0 Å². The van der Waals surface area contributed by atoms with E-state index in [9.17, 15) is 0 Å². The molecule has 0 radical (unpaired) electrons. The first-order chi connectivity index (χ1) is 6.25. The van der Waals surface area contributed by atoms with Gasteiger partial charge in [0.2, 0.25) is 0 Å². The topological polar surface area (TPSA) is 3.24 Å². The second kappa shape index (κ2) is 3.35. The van der Waals surface area contributed by atoms with Crippen molar-refractivity contribution >= 4 is 6.08 Å². The summed E-state index contributed by atoms with van der Waals surface area (Å²) in [6, 6.07) is 8.62. The lowest BCUT2D eigenvalue weighted by Crippen LogP contribution is -2.18. The Bertz CT molecular complexity index is 339. The number of rotatable bonds is 0. The summed E-state index contributed by atoms with van der Waals surface area (Å²) in [7, 11) is 2.17. The number of nitrogens with zero attached hydrogens (tertiary/aromatic N) is 1. The standard InChI is InChI=1S/C12H15N/c1-10-7-11-5-3-4-6-12(11)9-13(2)8-10/h3-7H,8-9H2,1-2H3. The Morgan fingerprint density at radius 1 is 1.15 bits per heavy atom. The van der Waals surface area contributed by atoms with Crippen molar-refractivity contribution in [1.82, 2.24) is 4.90 Å². The smallest absolute Gasteiger partial charge is 0.0240 e.